The summed E-state index contributed by atoms with van der Waals surface area (Å²) < 4.78 is 0.646. The summed E-state index contributed by atoms with van der Waals surface area (Å²) in [5, 5.41) is 0. The van der Waals surface area contributed by atoms with Crippen molar-refractivity contribution in [1.82, 2.24) is 9.80 Å². The van der Waals surface area contributed by atoms with Crippen LogP contribution in [0.4, 0.5) is 0 Å². The Labute approximate surface area is 141 Å². The van der Waals surface area contributed by atoms with Crippen LogP contribution in [0.25, 0.3) is 0 Å². The number of allylic oxidation sites excluding steroid dienone is 7. The molecule has 22 heavy (non-hydrogen) atoms. The Bertz CT molecular complexity index is 627. The number of amides is 1. The van der Waals surface area contributed by atoms with Gasteiger partial charge in [0.1, 0.15) is 4.32 Å². The summed E-state index contributed by atoms with van der Waals surface area (Å²) in [6.07, 6.45) is 15.0. The van der Waals surface area contributed by atoms with E-state index in [-0.39, 0.29) is 5.91 Å². The highest BCUT2D eigenvalue weighted by atomic mass is 32.2. The maximum atomic E-state index is 12.2. The number of carbonyl (C=O) groups excluding carboxylic acids is 1. The maximum Gasteiger partial charge on any atom is 0.266 e. The van der Waals surface area contributed by atoms with Crippen LogP contribution >= 0.6 is 24.0 Å². The SMILES string of the molecule is CCC(=C/C=C1/C=CC=CN1C)/C=C1\SC(=S)N(CC)C1=O. The van der Waals surface area contributed by atoms with Crippen molar-refractivity contribution in [1.29, 1.82) is 0 Å². The Kier molecular flexibility index (Phi) is 5.80. The zero-order valence-corrected chi connectivity index (χ0v) is 14.7. The number of hydrogen-bond acceptors (Lipinski definition) is 4. The van der Waals surface area contributed by atoms with Gasteiger partial charge in [-0.3, -0.25) is 9.69 Å². The lowest BCUT2D eigenvalue weighted by molar-refractivity contribution is -0.122. The fraction of sp³-hybridized carbons (Fsp3) is 0.294. The van der Waals surface area contributed by atoms with Crippen molar-refractivity contribution in [3.05, 3.63) is 58.8 Å². The molecule has 3 nitrogen and oxygen atoms in total. The minimum absolute atomic E-state index is 0.0158. The molecule has 0 N–H and O–H groups in total. The molecular weight excluding hydrogens is 312 g/mol. The lowest BCUT2D eigenvalue weighted by atomic mass is 10.1. The van der Waals surface area contributed by atoms with Crippen molar-refractivity contribution in [2.24, 2.45) is 0 Å². The maximum absolute atomic E-state index is 12.2. The number of carbonyl (C=O) groups is 1. The summed E-state index contributed by atoms with van der Waals surface area (Å²) in [5.41, 5.74) is 2.23. The lowest BCUT2D eigenvalue weighted by Crippen LogP contribution is -2.27. The molecule has 2 aliphatic heterocycles. The minimum Gasteiger partial charge on any atom is -0.351 e. The lowest BCUT2D eigenvalue weighted by Gasteiger charge is -2.17. The van der Waals surface area contributed by atoms with Gasteiger partial charge in [0.2, 0.25) is 0 Å². The van der Waals surface area contributed by atoms with E-state index in [2.05, 4.69) is 30.1 Å². The number of rotatable bonds is 4. The highest BCUT2D eigenvalue weighted by Crippen LogP contribution is 2.31. The molecule has 0 aromatic heterocycles. The van der Waals surface area contributed by atoms with Gasteiger partial charge in [-0.05, 0) is 43.2 Å². The molecule has 5 heteroatoms. The molecule has 0 saturated carbocycles. The first-order valence-electron chi connectivity index (χ1n) is 7.30. The largest absolute Gasteiger partial charge is 0.351 e. The first-order chi connectivity index (χ1) is 10.6. The zero-order valence-electron chi connectivity index (χ0n) is 13.1. The molecule has 2 rings (SSSR count). The molecule has 2 aliphatic rings. The van der Waals surface area contributed by atoms with Crippen LogP contribution in [0, 0.1) is 0 Å². The van der Waals surface area contributed by atoms with E-state index in [0.29, 0.717) is 15.8 Å². The topological polar surface area (TPSA) is 23.6 Å². The molecule has 0 radical (unpaired) electrons. The van der Waals surface area contributed by atoms with Crippen molar-refractivity contribution in [2.75, 3.05) is 13.6 Å². The van der Waals surface area contributed by atoms with Crippen molar-refractivity contribution in [3.8, 4) is 0 Å². The number of nitrogens with zero attached hydrogens (tertiary/aromatic N) is 2. The van der Waals surface area contributed by atoms with Crippen LogP contribution in [0.3, 0.4) is 0 Å². The number of likely N-dealkylation sites (N-methyl/N-ethyl adjacent to an activating group) is 2. The quantitative estimate of drug-likeness (QED) is 0.574. The molecule has 2 heterocycles. The second-order valence-electron chi connectivity index (χ2n) is 4.92. The smallest absolute Gasteiger partial charge is 0.266 e. The van der Waals surface area contributed by atoms with Gasteiger partial charge in [0, 0.05) is 25.5 Å². The summed E-state index contributed by atoms with van der Waals surface area (Å²) in [6, 6.07) is 0. The standard InChI is InChI=1S/C17H20N2OS2/c1-4-13(9-10-14-8-6-7-11-18(14)3)12-15-16(20)19(5-2)17(21)22-15/h6-12H,4-5H2,1-3H3/b13-9-,14-10-,15-12-. The third-order valence-electron chi connectivity index (χ3n) is 3.48. The molecule has 0 aromatic carbocycles. The van der Waals surface area contributed by atoms with E-state index >= 15 is 0 Å². The monoisotopic (exact) mass is 332 g/mol. The van der Waals surface area contributed by atoms with Gasteiger partial charge in [-0.2, -0.15) is 0 Å². The number of hydrogen-bond donors (Lipinski definition) is 0. The number of thioether (sulfide) groups is 1. The molecule has 0 spiro atoms. The molecule has 0 bridgehead atoms. The van der Waals surface area contributed by atoms with E-state index in [9.17, 15) is 4.79 Å². The second-order valence-corrected chi connectivity index (χ2v) is 6.60. The summed E-state index contributed by atoms with van der Waals surface area (Å²) >= 11 is 6.62. The van der Waals surface area contributed by atoms with E-state index in [1.165, 1.54) is 11.8 Å². The zero-order chi connectivity index (χ0) is 16.1. The second kappa shape index (κ2) is 7.61. The van der Waals surface area contributed by atoms with Gasteiger partial charge in [-0.15, -0.1) is 0 Å². The number of thiocarbonyl (C=S) groups is 1. The summed E-state index contributed by atoms with van der Waals surface area (Å²) in [5.74, 6) is 0.0158. The fourth-order valence-electron chi connectivity index (χ4n) is 2.11. The van der Waals surface area contributed by atoms with Crippen LogP contribution in [0.15, 0.2) is 58.8 Å². The highest BCUT2D eigenvalue weighted by Gasteiger charge is 2.30. The van der Waals surface area contributed by atoms with E-state index in [1.54, 1.807) is 4.90 Å². The Morgan fingerprint density at radius 1 is 1.36 bits per heavy atom. The molecule has 1 amide bonds. The predicted molar refractivity (Wildman–Crippen MR) is 98.2 cm³/mol. The molecular formula is C17H20N2OS2. The Morgan fingerprint density at radius 2 is 2.14 bits per heavy atom. The van der Waals surface area contributed by atoms with Crippen molar-refractivity contribution in [3.63, 3.8) is 0 Å². The van der Waals surface area contributed by atoms with E-state index < -0.39 is 0 Å². The van der Waals surface area contributed by atoms with E-state index in [0.717, 1.165) is 17.7 Å². The van der Waals surface area contributed by atoms with Crippen LogP contribution in [0.5, 0.6) is 0 Å². The van der Waals surface area contributed by atoms with Gasteiger partial charge in [0.15, 0.2) is 0 Å². The van der Waals surface area contributed by atoms with Crippen molar-refractivity contribution >= 4 is 34.2 Å². The van der Waals surface area contributed by atoms with Gasteiger partial charge >= 0.3 is 0 Å². The van der Waals surface area contributed by atoms with Crippen LogP contribution in [-0.2, 0) is 4.79 Å². The highest BCUT2D eigenvalue weighted by molar-refractivity contribution is 8.26. The predicted octanol–water partition coefficient (Wildman–Crippen LogP) is 3.99. The summed E-state index contributed by atoms with van der Waals surface area (Å²) in [7, 11) is 2.01. The van der Waals surface area contributed by atoms with Gasteiger partial charge in [-0.25, -0.2) is 0 Å². The summed E-state index contributed by atoms with van der Waals surface area (Å²) in [6.45, 7) is 4.65. The average molecular weight is 332 g/mol. The first-order valence-corrected chi connectivity index (χ1v) is 8.53. The molecule has 1 saturated heterocycles. The molecule has 1 fully saturated rings. The van der Waals surface area contributed by atoms with E-state index in [4.69, 9.17) is 12.2 Å². The molecule has 0 atom stereocenters. The van der Waals surface area contributed by atoms with Crippen molar-refractivity contribution in [2.45, 2.75) is 20.3 Å². The van der Waals surface area contributed by atoms with Crippen LogP contribution in [0.2, 0.25) is 0 Å². The normalized spacial score (nSPS) is 22.6. The summed E-state index contributed by atoms with van der Waals surface area (Å²) in [4.78, 5) is 16.6. The van der Waals surface area contributed by atoms with Crippen LogP contribution in [-0.4, -0.2) is 33.6 Å². The van der Waals surface area contributed by atoms with Gasteiger partial charge in [-0.1, -0.05) is 43.1 Å². The third kappa shape index (κ3) is 3.78. The molecule has 0 aromatic rings. The molecule has 116 valence electrons. The Morgan fingerprint density at radius 3 is 2.73 bits per heavy atom. The van der Waals surface area contributed by atoms with E-state index in [1.807, 2.05) is 38.4 Å². The Hall–Kier alpha value is -1.59. The third-order valence-corrected chi connectivity index (χ3v) is 4.86. The fourth-order valence-corrected chi connectivity index (χ4v) is 3.51. The van der Waals surface area contributed by atoms with Crippen LogP contribution < -0.4 is 0 Å². The van der Waals surface area contributed by atoms with Crippen molar-refractivity contribution < 1.29 is 4.79 Å². The van der Waals surface area contributed by atoms with Gasteiger partial charge < -0.3 is 4.90 Å². The van der Waals surface area contributed by atoms with Gasteiger partial charge in [0.25, 0.3) is 5.91 Å². The molecule has 0 aliphatic carbocycles. The first kappa shape index (κ1) is 16.8. The van der Waals surface area contributed by atoms with Gasteiger partial charge in [0.05, 0.1) is 4.91 Å². The Balaban J connectivity index is 2.21. The van der Waals surface area contributed by atoms with Crippen LogP contribution in [0.1, 0.15) is 20.3 Å². The average Bonchev–Trinajstić information content (AvgIpc) is 2.78. The minimum atomic E-state index is 0.0158. The molecule has 0 unspecified atom stereocenters.